The molecular formula is C20H15F3N2O2. The summed E-state index contributed by atoms with van der Waals surface area (Å²) in [5, 5.41) is 2.73. The quantitative estimate of drug-likeness (QED) is 0.698. The van der Waals surface area contributed by atoms with Gasteiger partial charge in [-0.15, -0.1) is 0 Å². The number of rotatable bonds is 5. The van der Waals surface area contributed by atoms with Gasteiger partial charge in [0.25, 0.3) is 5.91 Å². The van der Waals surface area contributed by atoms with Crippen LogP contribution in [-0.2, 0) is 12.7 Å². The molecule has 0 spiro atoms. The van der Waals surface area contributed by atoms with Crippen molar-refractivity contribution in [3.05, 3.63) is 89.7 Å². The first kappa shape index (κ1) is 18.4. The summed E-state index contributed by atoms with van der Waals surface area (Å²) in [6.45, 7) is 0.262. The molecule has 4 nitrogen and oxygen atoms in total. The molecule has 138 valence electrons. The number of hydrogen-bond acceptors (Lipinski definition) is 3. The highest BCUT2D eigenvalue weighted by molar-refractivity contribution is 5.94. The second-order valence-corrected chi connectivity index (χ2v) is 5.66. The van der Waals surface area contributed by atoms with Gasteiger partial charge in [-0.05, 0) is 48.5 Å². The Kier molecular flexibility index (Phi) is 5.40. The summed E-state index contributed by atoms with van der Waals surface area (Å²) in [6, 6.07) is 16.2. The Bertz CT molecular complexity index is 928. The topological polar surface area (TPSA) is 51.2 Å². The van der Waals surface area contributed by atoms with Crippen LogP contribution in [0.5, 0.6) is 11.5 Å². The van der Waals surface area contributed by atoms with E-state index in [1.165, 1.54) is 18.2 Å². The van der Waals surface area contributed by atoms with Crippen LogP contribution in [0.1, 0.15) is 21.6 Å². The SMILES string of the molecule is O=C(NCc1ccccn1)c1cccc(Oc2cccc(C(F)(F)F)c2)c1. The van der Waals surface area contributed by atoms with E-state index < -0.39 is 11.7 Å². The number of ether oxygens (including phenoxy) is 1. The molecule has 0 aliphatic rings. The standard InChI is InChI=1S/C20H15F3N2O2/c21-20(22,23)15-6-4-9-18(12-15)27-17-8-3-5-14(11-17)19(26)25-13-16-7-1-2-10-24-16/h1-12H,13H2,(H,25,26). The van der Waals surface area contributed by atoms with Gasteiger partial charge in [0.05, 0.1) is 17.8 Å². The summed E-state index contributed by atoms with van der Waals surface area (Å²) < 4.78 is 43.8. The van der Waals surface area contributed by atoms with E-state index in [0.717, 1.165) is 12.1 Å². The van der Waals surface area contributed by atoms with Gasteiger partial charge >= 0.3 is 6.18 Å². The van der Waals surface area contributed by atoms with E-state index in [2.05, 4.69) is 10.3 Å². The minimum atomic E-state index is -4.45. The molecule has 7 heteroatoms. The minimum absolute atomic E-state index is 0.0378. The maximum atomic E-state index is 12.8. The van der Waals surface area contributed by atoms with Crippen LogP contribution in [0, 0.1) is 0 Å². The number of hydrogen-bond donors (Lipinski definition) is 1. The van der Waals surface area contributed by atoms with Gasteiger partial charge in [-0.3, -0.25) is 9.78 Å². The normalized spacial score (nSPS) is 11.1. The Labute approximate surface area is 153 Å². The van der Waals surface area contributed by atoms with E-state index in [1.807, 2.05) is 6.07 Å². The molecule has 1 amide bonds. The van der Waals surface area contributed by atoms with Crippen LogP contribution in [0.3, 0.4) is 0 Å². The number of amides is 1. The summed E-state index contributed by atoms with van der Waals surface area (Å²) >= 11 is 0. The maximum absolute atomic E-state index is 12.8. The molecular weight excluding hydrogens is 357 g/mol. The number of aromatic nitrogens is 1. The molecule has 2 aromatic carbocycles. The molecule has 1 N–H and O–H groups in total. The lowest BCUT2D eigenvalue weighted by Gasteiger charge is -2.11. The molecule has 0 bridgehead atoms. The minimum Gasteiger partial charge on any atom is -0.457 e. The Hall–Kier alpha value is -3.35. The largest absolute Gasteiger partial charge is 0.457 e. The predicted molar refractivity (Wildman–Crippen MR) is 93.4 cm³/mol. The summed E-state index contributed by atoms with van der Waals surface area (Å²) in [5.74, 6) is -0.0363. The zero-order valence-corrected chi connectivity index (χ0v) is 14.0. The third kappa shape index (κ3) is 5.07. The van der Waals surface area contributed by atoms with Crippen molar-refractivity contribution in [1.29, 1.82) is 0 Å². The van der Waals surface area contributed by atoms with E-state index in [0.29, 0.717) is 11.3 Å². The molecule has 0 fully saturated rings. The predicted octanol–water partition coefficient (Wildman–Crippen LogP) is 4.82. The Morgan fingerprint density at radius 3 is 2.41 bits per heavy atom. The Morgan fingerprint density at radius 2 is 1.70 bits per heavy atom. The molecule has 0 atom stereocenters. The fourth-order valence-electron chi connectivity index (χ4n) is 2.35. The second kappa shape index (κ2) is 7.90. The van der Waals surface area contributed by atoms with Crippen LogP contribution < -0.4 is 10.1 Å². The van der Waals surface area contributed by atoms with Crippen molar-refractivity contribution in [3.8, 4) is 11.5 Å². The molecule has 0 aliphatic heterocycles. The zero-order valence-electron chi connectivity index (χ0n) is 14.0. The van der Waals surface area contributed by atoms with Crippen molar-refractivity contribution >= 4 is 5.91 Å². The first-order chi connectivity index (χ1) is 12.9. The van der Waals surface area contributed by atoms with Crippen LogP contribution in [-0.4, -0.2) is 10.9 Å². The molecule has 0 saturated heterocycles. The van der Waals surface area contributed by atoms with Gasteiger partial charge in [-0.25, -0.2) is 0 Å². The van der Waals surface area contributed by atoms with E-state index in [-0.39, 0.29) is 24.0 Å². The van der Waals surface area contributed by atoms with Crippen LogP contribution in [0.2, 0.25) is 0 Å². The highest BCUT2D eigenvalue weighted by atomic mass is 19.4. The van der Waals surface area contributed by atoms with Crippen molar-refractivity contribution in [2.45, 2.75) is 12.7 Å². The molecule has 1 heterocycles. The third-order valence-electron chi connectivity index (χ3n) is 3.65. The summed E-state index contributed by atoms with van der Waals surface area (Å²) in [7, 11) is 0. The molecule has 3 aromatic rings. The van der Waals surface area contributed by atoms with Gasteiger partial charge in [0, 0.05) is 11.8 Å². The molecule has 1 aromatic heterocycles. The lowest BCUT2D eigenvalue weighted by atomic mass is 10.2. The van der Waals surface area contributed by atoms with E-state index >= 15 is 0 Å². The highest BCUT2D eigenvalue weighted by Crippen LogP contribution is 2.32. The summed E-state index contributed by atoms with van der Waals surface area (Å²) in [5.41, 5.74) is 0.238. The average Bonchev–Trinajstić information content (AvgIpc) is 2.67. The van der Waals surface area contributed by atoms with Crippen molar-refractivity contribution in [2.24, 2.45) is 0 Å². The number of carbonyl (C=O) groups is 1. The van der Waals surface area contributed by atoms with E-state index in [1.54, 1.807) is 36.5 Å². The molecule has 0 saturated carbocycles. The zero-order chi connectivity index (χ0) is 19.3. The van der Waals surface area contributed by atoms with Crippen molar-refractivity contribution in [3.63, 3.8) is 0 Å². The first-order valence-electron chi connectivity index (χ1n) is 8.05. The molecule has 27 heavy (non-hydrogen) atoms. The van der Waals surface area contributed by atoms with E-state index in [9.17, 15) is 18.0 Å². The molecule has 0 radical (unpaired) electrons. The average molecular weight is 372 g/mol. The monoisotopic (exact) mass is 372 g/mol. The molecule has 0 unspecified atom stereocenters. The van der Waals surface area contributed by atoms with Gasteiger partial charge in [-0.1, -0.05) is 18.2 Å². The van der Waals surface area contributed by atoms with Crippen molar-refractivity contribution in [1.82, 2.24) is 10.3 Å². The number of carbonyl (C=O) groups excluding carboxylic acids is 1. The number of halogens is 3. The Balaban J connectivity index is 1.69. The second-order valence-electron chi connectivity index (χ2n) is 5.66. The Morgan fingerprint density at radius 1 is 0.963 bits per heavy atom. The highest BCUT2D eigenvalue weighted by Gasteiger charge is 2.30. The number of nitrogens with zero attached hydrogens (tertiary/aromatic N) is 1. The summed E-state index contributed by atoms with van der Waals surface area (Å²) in [4.78, 5) is 16.4. The molecule has 3 rings (SSSR count). The van der Waals surface area contributed by atoms with Crippen LogP contribution >= 0.6 is 0 Å². The van der Waals surface area contributed by atoms with Crippen LogP contribution in [0.25, 0.3) is 0 Å². The number of pyridine rings is 1. The molecule has 0 aliphatic carbocycles. The maximum Gasteiger partial charge on any atom is 0.416 e. The van der Waals surface area contributed by atoms with Gasteiger partial charge in [0.1, 0.15) is 11.5 Å². The van der Waals surface area contributed by atoms with Crippen molar-refractivity contribution < 1.29 is 22.7 Å². The third-order valence-corrected chi connectivity index (χ3v) is 3.65. The lowest BCUT2D eigenvalue weighted by Crippen LogP contribution is -2.23. The fourth-order valence-corrected chi connectivity index (χ4v) is 2.35. The van der Waals surface area contributed by atoms with Crippen LogP contribution in [0.15, 0.2) is 72.9 Å². The lowest BCUT2D eigenvalue weighted by molar-refractivity contribution is -0.137. The fraction of sp³-hybridized carbons (Fsp3) is 0.100. The first-order valence-corrected chi connectivity index (χ1v) is 8.05. The summed E-state index contributed by atoms with van der Waals surface area (Å²) in [6.07, 6.45) is -2.82. The van der Waals surface area contributed by atoms with E-state index in [4.69, 9.17) is 4.74 Å². The van der Waals surface area contributed by atoms with Crippen molar-refractivity contribution in [2.75, 3.05) is 0 Å². The number of alkyl halides is 3. The van der Waals surface area contributed by atoms with Gasteiger partial charge in [-0.2, -0.15) is 13.2 Å². The number of nitrogens with one attached hydrogen (secondary N) is 1. The smallest absolute Gasteiger partial charge is 0.416 e. The van der Waals surface area contributed by atoms with Gasteiger partial charge in [0.15, 0.2) is 0 Å². The van der Waals surface area contributed by atoms with Gasteiger partial charge < -0.3 is 10.1 Å². The van der Waals surface area contributed by atoms with Gasteiger partial charge in [0.2, 0.25) is 0 Å². The van der Waals surface area contributed by atoms with Crippen LogP contribution in [0.4, 0.5) is 13.2 Å². The number of benzene rings is 2.